The van der Waals surface area contributed by atoms with Gasteiger partial charge in [0.2, 0.25) is 5.91 Å². The minimum atomic E-state index is -1.28. The first-order valence-corrected chi connectivity index (χ1v) is 13.2. The van der Waals surface area contributed by atoms with Crippen molar-refractivity contribution in [1.82, 2.24) is 9.80 Å². The van der Waals surface area contributed by atoms with E-state index in [0.29, 0.717) is 45.2 Å². The summed E-state index contributed by atoms with van der Waals surface area (Å²) in [7, 11) is 4.09. The SMILES string of the molecule is CN(C)C1(c2cccs2)CCC(OC(=O)CCCC(=O)N2CCc3ccccc3C2)(C(N)=O)CC1. The fourth-order valence-electron chi connectivity index (χ4n) is 5.44. The molecule has 2 aromatic rings. The maximum Gasteiger partial charge on any atom is 0.306 e. The van der Waals surface area contributed by atoms with Gasteiger partial charge in [0, 0.05) is 30.8 Å². The van der Waals surface area contributed by atoms with Crippen molar-refractivity contribution < 1.29 is 19.1 Å². The summed E-state index contributed by atoms with van der Waals surface area (Å²) in [5, 5.41) is 2.06. The summed E-state index contributed by atoms with van der Waals surface area (Å²) in [6.45, 7) is 1.31. The van der Waals surface area contributed by atoms with E-state index in [-0.39, 0.29) is 24.3 Å². The number of hydrogen-bond donors (Lipinski definition) is 1. The van der Waals surface area contributed by atoms with E-state index < -0.39 is 17.5 Å². The molecule has 2 N–H and O–H groups in total. The van der Waals surface area contributed by atoms with E-state index in [1.807, 2.05) is 37.2 Å². The van der Waals surface area contributed by atoms with E-state index >= 15 is 0 Å². The molecule has 0 spiro atoms. The van der Waals surface area contributed by atoms with Crippen molar-refractivity contribution in [3.8, 4) is 0 Å². The molecule has 2 heterocycles. The van der Waals surface area contributed by atoms with Crippen molar-refractivity contribution in [3.05, 3.63) is 57.8 Å². The van der Waals surface area contributed by atoms with Crippen molar-refractivity contribution in [3.63, 3.8) is 0 Å². The highest BCUT2D eigenvalue weighted by atomic mass is 32.1. The molecule has 0 bridgehead atoms. The first-order valence-electron chi connectivity index (χ1n) is 12.3. The third-order valence-corrected chi connectivity index (χ3v) is 8.80. The van der Waals surface area contributed by atoms with Gasteiger partial charge in [-0.15, -0.1) is 11.3 Å². The minimum absolute atomic E-state index is 0.0429. The lowest BCUT2D eigenvalue weighted by Gasteiger charge is -2.47. The third kappa shape index (κ3) is 5.28. The molecule has 7 nitrogen and oxygen atoms in total. The summed E-state index contributed by atoms with van der Waals surface area (Å²) in [5.74, 6) is -1.01. The van der Waals surface area contributed by atoms with Gasteiger partial charge in [-0.3, -0.25) is 19.3 Å². The van der Waals surface area contributed by atoms with Gasteiger partial charge in [-0.25, -0.2) is 0 Å². The van der Waals surface area contributed by atoms with E-state index in [1.54, 1.807) is 11.3 Å². The molecule has 0 atom stereocenters. The standard InChI is InChI=1S/C27H35N3O4S/c1-29(2)26(22-9-6-18-35-22)13-15-27(16-14-26,25(28)33)34-24(32)11-5-10-23(31)30-17-12-20-7-3-4-8-21(20)19-30/h3-4,6-9,18H,5,10-17,19H2,1-2H3,(H2,28,33). The molecular formula is C27H35N3O4S. The van der Waals surface area contributed by atoms with Gasteiger partial charge in [-0.1, -0.05) is 30.3 Å². The zero-order valence-corrected chi connectivity index (χ0v) is 21.4. The summed E-state index contributed by atoms with van der Waals surface area (Å²) in [4.78, 5) is 43.1. The van der Waals surface area contributed by atoms with Crippen molar-refractivity contribution in [1.29, 1.82) is 0 Å². The van der Waals surface area contributed by atoms with E-state index in [2.05, 4.69) is 28.5 Å². The quantitative estimate of drug-likeness (QED) is 0.563. The van der Waals surface area contributed by atoms with Crippen LogP contribution in [0, 0.1) is 0 Å². The number of thiophene rings is 1. The van der Waals surface area contributed by atoms with Gasteiger partial charge < -0.3 is 15.4 Å². The molecule has 1 fully saturated rings. The smallest absolute Gasteiger partial charge is 0.306 e. The molecule has 1 aromatic carbocycles. The first kappa shape index (κ1) is 25.4. The average molecular weight is 498 g/mol. The molecule has 0 saturated heterocycles. The summed E-state index contributed by atoms with van der Waals surface area (Å²) in [5.41, 5.74) is 6.76. The number of rotatable bonds is 8. The number of nitrogens with zero attached hydrogens (tertiary/aromatic N) is 2. The summed E-state index contributed by atoms with van der Waals surface area (Å²) in [6, 6.07) is 12.3. The number of nitrogens with two attached hydrogens (primary N) is 1. The Bertz CT molecular complexity index is 1060. The summed E-state index contributed by atoms with van der Waals surface area (Å²) in [6.07, 6.45) is 3.73. The second kappa shape index (κ2) is 10.5. The number of amides is 2. The fraction of sp³-hybridized carbons (Fsp3) is 0.519. The number of carbonyl (C=O) groups excluding carboxylic acids is 3. The lowest BCUT2D eigenvalue weighted by molar-refractivity contribution is -0.174. The molecule has 1 saturated carbocycles. The van der Waals surface area contributed by atoms with Gasteiger partial charge in [0.25, 0.3) is 5.91 Å². The van der Waals surface area contributed by atoms with Gasteiger partial charge in [0.05, 0.1) is 5.54 Å². The summed E-state index contributed by atoms with van der Waals surface area (Å²) < 4.78 is 5.75. The van der Waals surface area contributed by atoms with Crippen LogP contribution in [0.5, 0.6) is 0 Å². The van der Waals surface area contributed by atoms with Gasteiger partial charge in [0.1, 0.15) is 0 Å². The first-order chi connectivity index (χ1) is 16.8. The highest BCUT2D eigenvalue weighted by molar-refractivity contribution is 7.10. The zero-order chi connectivity index (χ0) is 25.1. The predicted octanol–water partition coefficient (Wildman–Crippen LogP) is 3.60. The molecule has 35 heavy (non-hydrogen) atoms. The Balaban J connectivity index is 1.30. The minimum Gasteiger partial charge on any atom is -0.449 e. The average Bonchev–Trinajstić information content (AvgIpc) is 3.39. The number of hydrogen-bond acceptors (Lipinski definition) is 6. The van der Waals surface area contributed by atoms with Crippen LogP contribution in [0.25, 0.3) is 0 Å². The Hall–Kier alpha value is -2.71. The third-order valence-electron chi connectivity index (χ3n) is 7.73. The van der Waals surface area contributed by atoms with E-state index in [4.69, 9.17) is 10.5 Å². The van der Waals surface area contributed by atoms with Crippen LogP contribution < -0.4 is 5.73 Å². The molecule has 8 heteroatoms. The van der Waals surface area contributed by atoms with Gasteiger partial charge in [0.15, 0.2) is 5.60 Å². The van der Waals surface area contributed by atoms with Crippen molar-refractivity contribution in [2.75, 3.05) is 20.6 Å². The van der Waals surface area contributed by atoms with Crippen LogP contribution in [-0.2, 0) is 37.6 Å². The second-order valence-electron chi connectivity index (χ2n) is 9.92. The molecule has 2 aliphatic rings. The number of fused-ring (bicyclic) bond motifs is 1. The highest BCUT2D eigenvalue weighted by Gasteiger charge is 2.50. The molecule has 0 radical (unpaired) electrons. The molecular weight excluding hydrogens is 462 g/mol. The fourth-order valence-corrected chi connectivity index (χ4v) is 6.51. The lowest BCUT2D eigenvalue weighted by Crippen LogP contribution is -2.55. The molecule has 1 aliphatic carbocycles. The van der Waals surface area contributed by atoms with Gasteiger partial charge in [-0.2, -0.15) is 0 Å². The Morgan fingerprint density at radius 1 is 1.03 bits per heavy atom. The van der Waals surface area contributed by atoms with Crippen LogP contribution >= 0.6 is 11.3 Å². The monoisotopic (exact) mass is 497 g/mol. The number of esters is 1. The molecule has 1 aromatic heterocycles. The second-order valence-corrected chi connectivity index (χ2v) is 10.9. The lowest BCUT2D eigenvalue weighted by atomic mass is 9.72. The molecule has 1 aliphatic heterocycles. The van der Waals surface area contributed by atoms with Crippen LogP contribution in [0.2, 0.25) is 0 Å². The van der Waals surface area contributed by atoms with Crippen molar-refractivity contribution in [2.45, 2.75) is 69.1 Å². The maximum absolute atomic E-state index is 12.7. The number of carbonyl (C=O) groups is 3. The highest BCUT2D eigenvalue weighted by Crippen LogP contribution is 2.47. The number of ether oxygens (including phenoxy) is 1. The van der Waals surface area contributed by atoms with Crippen LogP contribution in [0.4, 0.5) is 0 Å². The van der Waals surface area contributed by atoms with Crippen LogP contribution in [0.15, 0.2) is 41.8 Å². The molecule has 2 amide bonds. The van der Waals surface area contributed by atoms with Crippen molar-refractivity contribution in [2.24, 2.45) is 5.73 Å². The summed E-state index contributed by atoms with van der Waals surface area (Å²) >= 11 is 1.70. The Morgan fingerprint density at radius 2 is 1.74 bits per heavy atom. The largest absolute Gasteiger partial charge is 0.449 e. The molecule has 0 unspecified atom stereocenters. The zero-order valence-electron chi connectivity index (χ0n) is 20.6. The normalized spacial score (nSPS) is 24.1. The van der Waals surface area contributed by atoms with Crippen molar-refractivity contribution >= 4 is 29.1 Å². The molecule has 4 rings (SSSR count). The topological polar surface area (TPSA) is 92.9 Å². The maximum atomic E-state index is 12.7. The number of primary amides is 1. The van der Waals surface area contributed by atoms with E-state index in [0.717, 1.165) is 6.42 Å². The van der Waals surface area contributed by atoms with Crippen LogP contribution in [-0.4, -0.2) is 53.8 Å². The van der Waals surface area contributed by atoms with Crippen LogP contribution in [0.1, 0.15) is 60.9 Å². The Kier molecular flexibility index (Phi) is 7.62. The van der Waals surface area contributed by atoms with Crippen LogP contribution in [0.3, 0.4) is 0 Å². The Labute approximate surface area is 211 Å². The molecule has 188 valence electrons. The van der Waals surface area contributed by atoms with E-state index in [9.17, 15) is 14.4 Å². The van der Waals surface area contributed by atoms with Gasteiger partial charge in [-0.05, 0) is 75.2 Å². The van der Waals surface area contributed by atoms with Gasteiger partial charge >= 0.3 is 5.97 Å². The van der Waals surface area contributed by atoms with E-state index in [1.165, 1.54) is 16.0 Å². The Morgan fingerprint density at radius 3 is 2.37 bits per heavy atom. The number of benzene rings is 1. The predicted molar refractivity (Wildman–Crippen MR) is 136 cm³/mol.